The van der Waals surface area contributed by atoms with Crippen LogP contribution in [0.1, 0.15) is 49.4 Å². The molecule has 1 atom stereocenters. The highest BCUT2D eigenvalue weighted by Crippen LogP contribution is 2.32. The number of carbonyl (C=O) groups excluding carboxylic acids is 1. The van der Waals surface area contributed by atoms with Crippen molar-refractivity contribution in [1.82, 2.24) is 10.5 Å². The molecular weight excluding hydrogens is 298 g/mol. The SMILES string of the molecule is CCc1ccc(-c2noc(N)c2C(=O)NC(C)CC(C)C)s1. The van der Waals surface area contributed by atoms with E-state index in [1.54, 1.807) is 11.3 Å². The summed E-state index contributed by atoms with van der Waals surface area (Å²) in [6.45, 7) is 8.33. The van der Waals surface area contributed by atoms with E-state index in [0.717, 1.165) is 17.7 Å². The van der Waals surface area contributed by atoms with Gasteiger partial charge in [-0.3, -0.25) is 4.79 Å². The number of amides is 1. The molecule has 0 spiro atoms. The Morgan fingerprint density at radius 2 is 2.14 bits per heavy atom. The van der Waals surface area contributed by atoms with Gasteiger partial charge in [-0.25, -0.2) is 0 Å². The van der Waals surface area contributed by atoms with Gasteiger partial charge in [0, 0.05) is 10.9 Å². The van der Waals surface area contributed by atoms with Crippen molar-refractivity contribution in [1.29, 1.82) is 0 Å². The molecule has 0 radical (unpaired) electrons. The van der Waals surface area contributed by atoms with Crippen molar-refractivity contribution in [3.63, 3.8) is 0 Å². The van der Waals surface area contributed by atoms with Gasteiger partial charge in [-0.05, 0) is 37.8 Å². The minimum absolute atomic E-state index is 0.0655. The maximum Gasteiger partial charge on any atom is 0.259 e. The zero-order valence-corrected chi connectivity index (χ0v) is 14.3. The summed E-state index contributed by atoms with van der Waals surface area (Å²) in [7, 11) is 0. The zero-order chi connectivity index (χ0) is 16.3. The van der Waals surface area contributed by atoms with Gasteiger partial charge in [-0.1, -0.05) is 25.9 Å². The summed E-state index contributed by atoms with van der Waals surface area (Å²) in [4.78, 5) is 14.6. The van der Waals surface area contributed by atoms with Gasteiger partial charge in [-0.2, -0.15) is 0 Å². The highest BCUT2D eigenvalue weighted by atomic mass is 32.1. The molecule has 0 saturated heterocycles. The van der Waals surface area contributed by atoms with E-state index in [-0.39, 0.29) is 17.8 Å². The molecular formula is C16H23N3O2S. The third kappa shape index (κ3) is 3.68. The normalized spacial score (nSPS) is 12.6. The van der Waals surface area contributed by atoms with Crippen LogP contribution in [0.5, 0.6) is 0 Å². The maximum atomic E-state index is 12.5. The molecule has 0 saturated carbocycles. The summed E-state index contributed by atoms with van der Waals surface area (Å²) in [5.41, 5.74) is 6.67. The lowest BCUT2D eigenvalue weighted by atomic mass is 10.0. The number of carbonyl (C=O) groups is 1. The fourth-order valence-electron chi connectivity index (χ4n) is 2.45. The largest absolute Gasteiger partial charge is 0.367 e. The predicted octanol–water partition coefficient (Wildman–Crippen LogP) is 3.71. The summed E-state index contributed by atoms with van der Waals surface area (Å²) >= 11 is 1.60. The molecule has 2 rings (SSSR count). The molecule has 0 fully saturated rings. The van der Waals surface area contributed by atoms with Crippen molar-refractivity contribution in [2.24, 2.45) is 5.92 Å². The standard InChI is InChI=1S/C16H23N3O2S/c1-5-11-6-7-12(22-11)14-13(15(17)21-19-14)16(20)18-10(4)8-9(2)3/h6-7,9-10H,5,8,17H2,1-4H3,(H,18,20). The topological polar surface area (TPSA) is 81.2 Å². The Kier molecular flexibility index (Phi) is 5.24. The van der Waals surface area contributed by atoms with Crippen LogP contribution in [0.25, 0.3) is 10.6 Å². The number of nitrogen functional groups attached to an aromatic ring is 1. The first kappa shape index (κ1) is 16.5. The fourth-order valence-corrected chi connectivity index (χ4v) is 3.38. The van der Waals surface area contributed by atoms with Gasteiger partial charge in [0.2, 0.25) is 5.88 Å². The molecule has 0 bridgehead atoms. The number of aryl methyl sites for hydroxylation is 1. The smallest absolute Gasteiger partial charge is 0.259 e. The van der Waals surface area contributed by atoms with E-state index in [9.17, 15) is 4.79 Å². The van der Waals surface area contributed by atoms with E-state index in [1.807, 2.05) is 19.1 Å². The number of nitrogens with two attached hydrogens (primary N) is 1. The fraction of sp³-hybridized carbons (Fsp3) is 0.500. The number of hydrogen-bond acceptors (Lipinski definition) is 5. The zero-order valence-electron chi connectivity index (χ0n) is 13.5. The molecule has 22 heavy (non-hydrogen) atoms. The molecule has 0 aliphatic carbocycles. The molecule has 2 heterocycles. The van der Waals surface area contributed by atoms with Crippen molar-refractivity contribution in [2.45, 2.75) is 46.6 Å². The highest BCUT2D eigenvalue weighted by Gasteiger charge is 2.24. The molecule has 0 aromatic carbocycles. The van der Waals surface area contributed by atoms with Crippen LogP contribution in [0.15, 0.2) is 16.7 Å². The molecule has 120 valence electrons. The molecule has 2 aromatic rings. The molecule has 1 amide bonds. The van der Waals surface area contributed by atoms with E-state index in [4.69, 9.17) is 10.3 Å². The van der Waals surface area contributed by atoms with Gasteiger partial charge < -0.3 is 15.6 Å². The van der Waals surface area contributed by atoms with E-state index < -0.39 is 0 Å². The van der Waals surface area contributed by atoms with Crippen LogP contribution in [0, 0.1) is 5.92 Å². The average molecular weight is 321 g/mol. The minimum atomic E-state index is -0.228. The van der Waals surface area contributed by atoms with E-state index >= 15 is 0 Å². The van der Waals surface area contributed by atoms with E-state index in [1.165, 1.54) is 4.88 Å². The Morgan fingerprint density at radius 3 is 2.73 bits per heavy atom. The first-order chi connectivity index (χ1) is 10.4. The predicted molar refractivity (Wildman–Crippen MR) is 90.0 cm³/mol. The van der Waals surface area contributed by atoms with Crippen molar-refractivity contribution < 1.29 is 9.32 Å². The minimum Gasteiger partial charge on any atom is -0.367 e. The Hall–Kier alpha value is -1.82. The lowest BCUT2D eigenvalue weighted by Gasteiger charge is -2.15. The summed E-state index contributed by atoms with van der Waals surface area (Å²) in [6, 6.07) is 4.06. The molecule has 0 aliphatic rings. The first-order valence-corrected chi connectivity index (χ1v) is 8.39. The molecule has 1 unspecified atom stereocenters. The Balaban J connectivity index is 2.23. The van der Waals surface area contributed by atoms with Crippen molar-refractivity contribution in [3.8, 4) is 10.6 Å². The van der Waals surface area contributed by atoms with Crippen LogP contribution < -0.4 is 11.1 Å². The first-order valence-electron chi connectivity index (χ1n) is 7.57. The lowest BCUT2D eigenvalue weighted by molar-refractivity contribution is 0.0937. The average Bonchev–Trinajstić information content (AvgIpc) is 3.03. The second-order valence-electron chi connectivity index (χ2n) is 5.89. The lowest BCUT2D eigenvalue weighted by Crippen LogP contribution is -2.33. The number of anilines is 1. The van der Waals surface area contributed by atoms with Crippen molar-refractivity contribution in [2.75, 3.05) is 5.73 Å². The molecule has 2 aromatic heterocycles. The molecule has 3 N–H and O–H groups in total. The summed E-state index contributed by atoms with van der Waals surface area (Å²) < 4.78 is 5.05. The van der Waals surface area contributed by atoms with E-state index in [0.29, 0.717) is 17.2 Å². The van der Waals surface area contributed by atoms with Gasteiger partial charge >= 0.3 is 0 Å². The molecule has 5 nitrogen and oxygen atoms in total. The van der Waals surface area contributed by atoms with Crippen LogP contribution in [0.3, 0.4) is 0 Å². The molecule has 6 heteroatoms. The molecule has 0 aliphatic heterocycles. The highest BCUT2D eigenvalue weighted by molar-refractivity contribution is 7.15. The second kappa shape index (κ2) is 6.96. The Morgan fingerprint density at radius 1 is 1.41 bits per heavy atom. The summed E-state index contributed by atoms with van der Waals surface area (Å²) in [5, 5.41) is 6.94. The number of aromatic nitrogens is 1. The number of thiophene rings is 1. The van der Waals surface area contributed by atoms with E-state index in [2.05, 4.69) is 31.2 Å². The van der Waals surface area contributed by atoms with Crippen LogP contribution >= 0.6 is 11.3 Å². The van der Waals surface area contributed by atoms with Gasteiger partial charge in [0.15, 0.2) is 0 Å². The third-order valence-electron chi connectivity index (χ3n) is 3.39. The van der Waals surface area contributed by atoms with Gasteiger partial charge in [0.05, 0.1) is 4.88 Å². The monoisotopic (exact) mass is 321 g/mol. The Labute approximate surface area is 134 Å². The number of nitrogens with one attached hydrogen (secondary N) is 1. The van der Waals surface area contributed by atoms with Gasteiger partial charge in [-0.15, -0.1) is 11.3 Å². The Bertz CT molecular complexity index is 646. The van der Waals surface area contributed by atoms with Crippen molar-refractivity contribution in [3.05, 3.63) is 22.6 Å². The van der Waals surface area contributed by atoms with Crippen LogP contribution in [0.4, 0.5) is 5.88 Å². The summed E-state index contributed by atoms with van der Waals surface area (Å²) in [6.07, 6.45) is 1.86. The number of hydrogen-bond donors (Lipinski definition) is 2. The second-order valence-corrected chi connectivity index (χ2v) is 7.06. The quantitative estimate of drug-likeness (QED) is 0.849. The van der Waals surface area contributed by atoms with Crippen LogP contribution in [0.2, 0.25) is 0 Å². The van der Waals surface area contributed by atoms with Crippen LogP contribution in [-0.2, 0) is 6.42 Å². The van der Waals surface area contributed by atoms with Crippen LogP contribution in [-0.4, -0.2) is 17.1 Å². The van der Waals surface area contributed by atoms with Crippen molar-refractivity contribution >= 4 is 23.1 Å². The van der Waals surface area contributed by atoms with Gasteiger partial charge in [0.25, 0.3) is 5.91 Å². The maximum absolute atomic E-state index is 12.5. The third-order valence-corrected chi connectivity index (χ3v) is 4.63. The summed E-state index contributed by atoms with van der Waals surface area (Å²) in [5.74, 6) is 0.350. The number of rotatable bonds is 6. The number of nitrogens with zero attached hydrogens (tertiary/aromatic N) is 1. The van der Waals surface area contributed by atoms with Gasteiger partial charge in [0.1, 0.15) is 11.3 Å².